The van der Waals surface area contributed by atoms with Crippen molar-refractivity contribution in [3.8, 4) is 0 Å². The molecule has 0 radical (unpaired) electrons. The molecular formula is C11H17NO8. The smallest absolute Gasteiger partial charge is 0.450 e. The van der Waals surface area contributed by atoms with Crippen molar-refractivity contribution in [1.29, 1.82) is 0 Å². The van der Waals surface area contributed by atoms with E-state index in [4.69, 9.17) is 19.7 Å². The molecule has 0 aromatic carbocycles. The number of carbonyl (C=O) groups excluding carboxylic acids is 3. The first kappa shape index (κ1) is 17.7. The quantitative estimate of drug-likeness (QED) is 0.444. The lowest BCUT2D eigenvalue weighted by molar-refractivity contribution is -0.177. The van der Waals surface area contributed by atoms with Crippen molar-refractivity contribution in [2.75, 3.05) is 6.61 Å². The second-order valence-electron chi connectivity index (χ2n) is 3.76. The number of carbonyl (C=O) groups is 4. The third-order valence-corrected chi connectivity index (χ3v) is 2.14. The highest BCUT2D eigenvalue weighted by atomic mass is 16.8. The van der Waals surface area contributed by atoms with Crippen LogP contribution in [0.2, 0.25) is 0 Å². The molecule has 0 unspecified atom stereocenters. The van der Waals surface area contributed by atoms with Crippen molar-refractivity contribution in [3.05, 3.63) is 0 Å². The van der Waals surface area contributed by atoms with E-state index in [1.807, 2.05) is 6.92 Å². The van der Waals surface area contributed by atoms with Crippen molar-refractivity contribution in [2.24, 2.45) is 0 Å². The van der Waals surface area contributed by atoms with Crippen LogP contribution in [0.5, 0.6) is 0 Å². The summed E-state index contributed by atoms with van der Waals surface area (Å²) in [5, 5.41) is 14.4. The van der Waals surface area contributed by atoms with E-state index in [1.54, 1.807) is 0 Å². The molecule has 1 fully saturated rings. The summed E-state index contributed by atoms with van der Waals surface area (Å²) < 4.78 is 4.70. The monoisotopic (exact) mass is 291 g/mol. The first-order chi connectivity index (χ1) is 9.38. The fraction of sp³-hybridized carbons (Fsp3) is 0.636. The van der Waals surface area contributed by atoms with E-state index in [-0.39, 0.29) is 19.4 Å². The zero-order valence-corrected chi connectivity index (χ0v) is 11.0. The van der Waals surface area contributed by atoms with Gasteiger partial charge in [0.1, 0.15) is 0 Å². The molecule has 9 nitrogen and oxygen atoms in total. The van der Waals surface area contributed by atoms with Gasteiger partial charge in [0, 0.05) is 12.8 Å². The third-order valence-electron chi connectivity index (χ3n) is 2.14. The Morgan fingerprint density at radius 3 is 2.10 bits per heavy atom. The van der Waals surface area contributed by atoms with Gasteiger partial charge in [0.2, 0.25) is 0 Å². The van der Waals surface area contributed by atoms with Crippen LogP contribution in [0.3, 0.4) is 0 Å². The van der Waals surface area contributed by atoms with Gasteiger partial charge in [0.25, 0.3) is 11.8 Å². The molecule has 1 heterocycles. The number of hydroxylamine groups is 2. The van der Waals surface area contributed by atoms with E-state index in [9.17, 15) is 14.4 Å². The first-order valence-electron chi connectivity index (χ1n) is 6.00. The van der Waals surface area contributed by atoms with Crippen LogP contribution in [-0.2, 0) is 19.2 Å². The topological polar surface area (TPSA) is 130 Å². The maximum atomic E-state index is 11.1. The Kier molecular flexibility index (Phi) is 8.48. The van der Waals surface area contributed by atoms with Crippen LogP contribution in [-0.4, -0.2) is 46.0 Å². The van der Waals surface area contributed by atoms with E-state index in [1.165, 1.54) is 0 Å². The van der Waals surface area contributed by atoms with Gasteiger partial charge in [0.05, 0.1) is 6.61 Å². The van der Waals surface area contributed by atoms with Crippen LogP contribution in [0.4, 0.5) is 9.59 Å². The second kappa shape index (κ2) is 9.59. The average Bonchev–Trinajstić information content (AvgIpc) is 2.66. The van der Waals surface area contributed by atoms with Crippen molar-refractivity contribution in [1.82, 2.24) is 5.06 Å². The zero-order valence-electron chi connectivity index (χ0n) is 11.0. The van der Waals surface area contributed by atoms with Crippen molar-refractivity contribution in [2.45, 2.75) is 39.0 Å². The summed E-state index contributed by atoms with van der Waals surface area (Å²) in [5.74, 6) is -1.01. The Bertz CT molecular complexity index is 347. The number of nitrogens with zero attached hydrogens (tertiary/aromatic N) is 1. The highest BCUT2D eigenvalue weighted by molar-refractivity contribution is 6.01. The van der Waals surface area contributed by atoms with Gasteiger partial charge in [-0.15, -0.1) is 0 Å². The molecule has 1 saturated heterocycles. The van der Waals surface area contributed by atoms with Crippen LogP contribution in [0, 0.1) is 0 Å². The molecule has 0 saturated carbocycles. The summed E-state index contributed by atoms with van der Waals surface area (Å²) >= 11 is 0. The normalized spacial score (nSPS) is 13.6. The molecule has 20 heavy (non-hydrogen) atoms. The molecule has 0 aromatic heterocycles. The molecule has 0 atom stereocenters. The first-order valence-corrected chi connectivity index (χ1v) is 6.00. The van der Waals surface area contributed by atoms with E-state index in [0.717, 1.165) is 19.3 Å². The average molecular weight is 291 g/mol. The van der Waals surface area contributed by atoms with Crippen molar-refractivity contribution in [3.63, 3.8) is 0 Å². The molecule has 0 aromatic rings. The number of hydrogen-bond acceptors (Lipinski definition) is 6. The van der Waals surface area contributed by atoms with Gasteiger partial charge in [0.15, 0.2) is 0 Å². The fourth-order valence-electron chi connectivity index (χ4n) is 1.27. The molecule has 2 N–H and O–H groups in total. The van der Waals surface area contributed by atoms with Gasteiger partial charge in [-0.25, -0.2) is 9.59 Å². The number of imide groups is 1. The maximum absolute atomic E-state index is 11.1. The highest BCUT2D eigenvalue weighted by Crippen LogP contribution is 2.12. The highest BCUT2D eigenvalue weighted by Gasteiger charge is 2.33. The predicted molar refractivity (Wildman–Crippen MR) is 63.7 cm³/mol. The minimum absolute atomic E-state index is 0.0853. The van der Waals surface area contributed by atoms with Gasteiger partial charge in [-0.3, -0.25) is 14.4 Å². The molecule has 2 amide bonds. The van der Waals surface area contributed by atoms with Crippen molar-refractivity contribution >= 4 is 24.1 Å². The summed E-state index contributed by atoms with van der Waals surface area (Å²) in [7, 11) is 0. The Morgan fingerprint density at radius 1 is 1.15 bits per heavy atom. The minimum Gasteiger partial charge on any atom is -0.450 e. The molecule has 1 aliphatic rings. The van der Waals surface area contributed by atoms with Crippen LogP contribution in [0.25, 0.3) is 0 Å². The number of amides is 2. The Labute approximate surface area is 115 Å². The number of ether oxygens (including phenoxy) is 1. The van der Waals surface area contributed by atoms with Crippen LogP contribution < -0.4 is 0 Å². The lowest BCUT2D eigenvalue weighted by Crippen LogP contribution is -2.32. The van der Waals surface area contributed by atoms with E-state index in [0.29, 0.717) is 5.06 Å². The summed E-state index contributed by atoms with van der Waals surface area (Å²) in [6, 6.07) is 0. The van der Waals surface area contributed by atoms with E-state index >= 15 is 0 Å². The van der Waals surface area contributed by atoms with E-state index in [2.05, 4.69) is 4.84 Å². The standard InChI is InChI=1S/C10H15NO5.CH2O3/c1-2-3-4-7-15-10(14)16-11-8(12)5-6-9(11)13;2-1(3)4/h2-7H2,1H3;(H2,2,3,4). The van der Waals surface area contributed by atoms with Crippen LogP contribution in [0.15, 0.2) is 0 Å². The number of rotatable bonds is 5. The number of hydrogen-bond donors (Lipinski definition) is 2. The lowest BCUT2D eigenvalue weighted by atomic mass is 10.3. The van der Waals surface area contributed by atoms with Gasteiger partial charge >= 0.3 is 12.3 Å². The van der Waals surface area contributed by atoms with E-state index < -0.39 is 24.1 Å². The van der Waals surface area contributed by atoms with Gasteiger partial charge < -0.3 is 14.9 Å². The van der Waals surface area contributed by atoms with Crippen molar-refractivity contribution < 1.29 is 39.0 Å². The Balaban J connectivity index is 0.000000796. The van der Waals surface area contributed by atoms with Gasteiger partial charge in [-0.1, -0.05) is 24.8 Å². The maximum Gasteiger partial charge on any atom is 0.533 e. The molecule has 0 aliphatic carbocycles. The lowest BCUT2D eigenvalue weighted by Gasteiger charge is -2.12. The largest absolute Gasteiger partial charge is 0.533 e. The molecule has 1 rings (SSSR count). The van der Waals surface area contributed by atoms with Crippen LogP contribution in [0.1, 0.15) is 39.0 Å². The second-order valence-corrected chi connectivity index (χ2v) is 3.76. The molecule has 1 aliphatic heterocycles. The number of unbranched alkanes of at least 4 members (excludes halogenated alkanes) is 2. The fourth-order valence-corrected chi connectivity index (χ4v) is 1.27. The Morgan fingerprint density at radius 2 is 1.65 bits per heavy atom. The minimum atomic E-state index is -1.83. The summed E-state index contributed by atoms with van der Waals surface area (Å²) in [6.45, 7) is 2.27. The van der Waals surface area contributed by atoms with Gasteiger partial charge in [-0.2, -0.15) is 0 Å². The molecule has 114 valence electrons. The summed E-state index contributed by atoms with van der Waals surface area (Å²) in [5.41, 5.74) is 0. The molecule has 0 bridgehead atoms. The molecule has 0 spiro atoms. The predicted octanol–water partition coefficient (Wildman–Crippen LogP) is 1.62. The Hall–Kier alpha value is -2.32. The molecular weight excluding hydrogens is 274 g/mol. The zero-order chi connectivity index (χ0) is 15.5. The third kappa shape index (κ3) is 7.90. The SMILES string of the molecule is CCCCCOC(=O)ON1C(=O)CCC1=O.O=C(O)O. The summed E-state index contributed by atoms with van der Waals surface area (Å²) in [6.07, 6.45) is 0.0491. The van der Waals surface area contributed by atoms with Gasteiger partial charge in [-0.05, 0) is 6.42 Å². The summed E-state index contributed by atoms with van der Waals surface area (Å²) in [4.78, 5) is 46.2. The number of carboxylic acid groups (broad SMARTS) is 2. The molecule has 9 heteroatoms. The van der Waals surface area contributed by atoms with Crippen LogP contribution >= 0.6 is 0 Å².